The van der Waals surface area contributed by atoms with Gasteiger partial charge in [-0.1, -0.05) is 12.1 Å². The van der Waals surface area contributed by atoms with E-state index in [1.54, 1.807) is 19.1 Å². The van der Waals surface area contributed by atoms with Gasteiger partial charge in [0.15, 0.2) is 9.84 Å². The number of hydrogen-bond acceptors (Lipinski definition) is 6. The molecule has 0 aromatic heterocycles. The molecule has 0 heterocycles. The number of hydrogen-bond donors (Lipinski definition) is 2. The van der Waals surface area contributed by atoms with Gasteiger partial charge in [0.25, 0.3) is 0 Å². The molecule has 152 valence electrons. The van der Waals surface area contributed by atoms with Gasteiger partial charge in [0.05, 0.1) is 22.6 Å². The van der Waals surface area contributed by atoms with Crippen molar-refractivity contribution in [3.05, 3.63) is 48.0 Å². The Labute approximate surface area is 164 Å². The highest BCUT2D eigenvalue weighted by molar-refractivity contribution is 7.90. The topological polar surface area (TPSA) is 119 Å². The minimum Gasteiger partial charge on any atom is -0.495 e. The quantitative estimate of drug-likeness (QED) is 0.700. The molecular formula is C18H22N2O6S2. The highest BCUT2D eigenvalue weighted by atomic mass is 32.2. The Bertz CT molecular complexity index is 1080. The van der Waals surface area contributed by atoms with Crippen LogP contribution in [0.4, 0.5) is 5.69 Å². The van der Waals surface area contributed by atoms with Crippen molar-refractivity contribution in [2.45, 2.75) is 29.7 Å². The first-order valence-corrected chi connectivity index (χ1v) is 11.6. The molecule has 2 aromatic rings. The lowest BCUT2D eigenvalue weighted by molar-refractivity contribution is -0.114. The minimum absolute atomic E-state index is 0.0448. The number of amides is 1. The van der Waals surface area contributed by atoms with Gasteiger partial charge in [0.2, 0.25) is 15.9 Å². The molecule has 2 aromatic carbocycles. The molecular weight excluding hydrogens is 404 g/mol. The molecule has 0 radical (unpaired) electrons. The molecule has 2 N–H and O–H groups in total. The Morgan fingerprint density at radius 2 is 1.57 bits per heavy atom. The number of nitrogens with one attached hydrogen (secondary N) is 2. The summed E-state index contributed by atoms with van der Waals surface area (Å²) in [6.45, 7) is 2.95. The zero-order valence-electron chi connectivity index (χ0n) is 15.9. The standard InChI is InChI=1S/C18H22N2O6S2/c1-12(14-5-7-15(8-6-14)27(4,22)23)20-28(24,25)16-9-10-18(26-3)17(11-16)19-13(2)21/h5-12,20H,1-4H3,(H,19,21)/t12-/m1/s1. The summed E-state index contributed by atoms with van der Waals surface area (Å²) >= 11 is 0. The third-order valence-corrected chi connectivity index (χ3v) is 6.60. The number of sulfone groups is 1. The zero-order valence-corrected chi connectivity index (χ0v) is 17.5. The lowest BCUT2D eigenvalue weighted by Crippen LogP contribution is -2.27. The van der Waals surface area contributed by atoms with Crippen molar-refractivity contribution >= 4 is 31.5 Å². The van der Waals surface area contributed by atoms with Crippen LogP contribution in [0.5, 0.6) is 5.75 Å². The SMILES string of the molecule is COc1ccc(S(=O)(=O)N[C@H](C)c2ccc(S(C)(=O)=O)cc2)cc1NC(C)=O. The molecule has 2 rings (SSSR count). The first-order chi connectivity index (χ1) is 12.9. The van der Waals surface area contributed by atoms with Crippen LogP contribution in [-0.2, 0) is 24.7 Å². The molecule has 0 saturated heterocycles. The largest absolute Gasteiger partial charge is 0.495 e. The number of ether oxygens (including phenoxy) is 1. The molecule has 0 spiro atoms. The third-order valence-electron chi connectivity index (χ3n) is 3.93. The van der Waals surface area contributed by atoms with Crippen LogP contribution in [0.15, 0.2) is 52.3 Å². The third kappa shape index (κ3) is 5.31. The van der Waals surface area contributed by atoms with Gasteiger partial charge in [-0.25, -0.2) is 21.6 Å². The van der Waals surface area contributed by atoms with Crippen LogP contribution in [0.3, 0.4) is 0 Å². The fourth-order valence-electron chi connectivity index (χ4n) is 2.51. The van der Waals surface area contributed by atoms with Gasteiger partial charge in [-0.2, -0.15) is 0 Å². The molecule has 1 atom stereocenters. The average Bonchev–Trinajstić information content (AvgIpc) is 2.60. The second-order valence-electron chi connectivity index (χ2n) is 6.23. The monoisotopic (exact) mass is 426 g/mol. The van der Waals surface area contributed by atoms with E-state index < -0.39 is 25.9 Å². The van der Waals surface area contributed by atoms with E-state index in [1.807, 2.05) is 0 Å². The van der Waals surface area contributed by atoms with Gasteiger partial charge < -0.3 is 10.1 Å². The van der Waals surface area contributed by atoms with Crippen molar-refractivity contribution in [3.8, 4) is 5.75 Å². The molecule has 10 heteroatoms. The summed E-state index contributed by atoms with van der Waals surface area (Å²) < 4.78 is 56.2. The summed E-state index contributed by atoms with van der Waals surface area (Å²) in [6.07, 6.45) is 1.10. The van der Waals surface area contributed by atoms with Crippen LogP contribution < -0.4 is 14.8 Å². The molecule has 28 heavy (non-hydrogen) atoms. The molecule has 8 nitrogen and oxygen atoms in total. The summed E-state index contributed by atoms with van der Waals surface area (Å²) in [5.74, 6) is -0.0290. The van der Waals surface area contributed by atoms with E-state index in [4.69, 9.17) is 4.74 Å². The van der Waals surface area contributed by atoms with Crippen LogP contribution in [0.1, 0.15) is 25.5 Å². The van der Waals surface area contributed by atoms with Crippen molar-refractivity contribution in [2.24, 2.45) is 0 Å². The van der Waals surface area contributed by atoms with Crippen molar-refractivity contribution in [3.63, 3.8) is 0 Å². The average molecular weight is 427 g/mol. The van der Waals surface area contributed by atoms with Crippen molar-refractivity contribution < 1.29 is 26.4 Å². The smallest absolute Gasteiger partial charge is 0.241 e. The van der Waals surface area contributed by atoms with E-state index in [-0.39, 0.29) is 21.4 Å². The summed E-state index contributed by atoms with van der Waals surface area (Å²) in [6, 6.07) is 9.49. The molecule has 0 aliphatic rings. The molecule has 0 fully saturated rings. The normalized spacial score (nSPS) is 13.0. The Morgan fingerprint density at radius 1 is 1.00 bits per heavy atom. The van der Waals surface area contributed by atoms with E-state index in [0.717, 1.165) is 6.26 Å². The Hall–Kier alpha value is -2.43. The Kier molecular flexibility index (Phi) is 6.48. The first-order valence-electron chi connectivity index (χ1n) is 8.22. The summed E-state index contributed by atoms with van der Waals surface area (Å²) in [7, 11) is -5.82. The maximum atomic E-state index is 12.7. The van der Waals surface area contributed by atoms with E-state index in [0.29, 0.717) is 11.3 Å². The Balaban J connectivity index is 2.28. The number of anilines is 1. The lowest BCUT2D eigenvalue weighted by atomic mass is 10.1. The molecule has 0 aliphatic carbocycles. The first kappa shape index (κ1) is 21.9. The minimum atomic E-state index is -3.90. The van der Waals surface area contributed by atoms with Gasteiger partial charge >= 0.3 is 0 Å². The molecule has 1 amide bonds. The van der Waals surface area contributed by atoms with Gasteiger partial charge in [-0.15, -0.1) is 0 Å². The molecule has 0 bridgehead atoms. The predicted octanol–water partition coefficient (Wildman–Crippen LogP) is 2.10. The summed E-state index contributed by atoms with van der Waals surface area (Å²) in [4.78, 5) is 11.4. The van der Waals surface area contributed by atoms with Gasteiger partial charge in [-0.3, -0.25) is 4.79 Å². The second kappa shape index (κ2) is 8.29. The maximum Gasteiger partial charge on any atom is 0.241 e. The highest BCUT2D eigenvalue weighted by Gasteiger charge is 2.21. The zero-order chi connectivity index (χ0) is 21.1. The van der Waals surface area contributed by atoms with Crippen LogP contribution in [-0.4, -0.2) is 36.1 Å². The van der Waals surface area contributed by atoms with Crippen LogP contribution in [0.25, 0.3) is 0 Å². The predicted molar refractivity (Wildman–Crippen MR) is 106 cm³/mol. The molecule has 0 aliphatic heterocycles. The maximum absolute atomic E-state index is 12.7. The van der Waals surface area contributed by atoms with Crippen molar-refractivity contribution in [2.75, 3.05) is 18.7 Å². The van der Waals surface area contributed by atoms with Crippen LogP contribution in [0, 0.1) is 0 Å². The van der Waals surface area contributed by atoms with Gasteiger partial charge in [-0.05, 0) is 42.8 Å². The van der Waals surface area contributed by atoms with Gasteiger partial charge in [0.1, 0.15) is 5.75 Å². The van der Waals surface area contributed by atoms with Gasteiger partial charge in [0, 0.05) is 19.2 Å². The van der Waals surface area contributed by atoms with E-state index >= 15 is 0 Å². The Morgan fingerprint density at radius 3 is 2.07 bits per heavy atom. The van der Waals surface area contributed by atoms with Crippen molar-refractivity contribution in [1.29, 1.82) is 0 Å². The summed E-state index contributed by atoms with van der Waals surface area (Å²) in [5, 5.41) is 2.53. The van der Waals surface area contributed by atoms with Crippen LogP contribution in [0.2, 0.25) is 0 Å². The number of methoxy groups -OCH3 is 1. The number of carbonyl (C=O) groups is 1. The number of benzene rings is 2. The van der Waals surface area contributed by atoms with E-state index in [9.17, 15) is 21.6 Å². The van der Waals surface area contributed by atoms with Crippen molar-refractivity contribution in [1.82, 2.24) is 4.72 Å². The number of carbonyl (C=O) groups excluding carboxylic acids is 1. The van der Waals surface area contributed by atoms with E-state index in [1.165, 1.54) is 44.4 Å². The summed E-state index contributed by atoms with van der Waals surface area (Å²) in [5.41, 5.74) is 0.842. The number of rotatable bonds is 7. The second-order valence-corrected chi connectivity index (χ2v) is 9.96. The fourth-order valence-corrected chi connectivity index (χ4v) is 4.40. The lowest BCUT2D eigenvalue weighted by Gasteiger charge is -2.16. The molecule has 0 unspecified atom stereocenters. The number of sulfonamides is 1. The fraction of sp³-hybridized carbons (Fsp3) is 0.278. The van der Waals surface area contributed by atoms with Crippen LogP contribution >= 0.6 is 0 Å². The molecule has 0 saturated carbocycles. The van der Waals surface area contributed by atoms with E-state index in [2.05, 4.69) is 10.0 Å². The highest BCUT2D eigenvalue weighted by Crippen LogP contribution is 2.28.